The average Bonchev–Trinajstić information content (AvgIpc) is 2.49. The van der Waals surface area contributed by atoms with Gasteiger partial charge in [0, 0.05) is 18.8 Å². The highest BCUT2D eigenvalue weighted by atomic mass is 16.5. The zero-order valence-electron chi connectivity index (χ0n) is 13.7. The minimum Gasteiger partial charge on any atom is -0.394 e. The zero-order valence-corrected chi connectivity index (χ0v) is 13.7. The fourth-order valence-corrected chi connectivity index (χ4v) is 2.11. The molecular weight excluding hydrogens is 254 g/mol. The smallest absolute Gasteiger partial charge is 0.0700 e. The molecular formula is C16H35NO3. The standard InChI is InChI=1S/C16H35NO3/c1-4-7-11-19-13-14-20-12-8-9-16(6-3,15-18)17-10-5-2/h17-18H,4-15H2,1-3H3. The van der Waals surface area contributed by atoms with Crippen LogP contribution in [0, 0.1) is 0 Å². The Kier molecular flexibility index (Phi) is 13.7. The Morgan fingerprint density at radius 1 is 0.900 bits per heavy atom. The van der Waals surface area contributed by atoms with Gasteiger partial charge < -0.3 is 19.9 Å². The van der Waals surface area contributed by atoms with Crippen molar-refractivity contribution in [3.8, 4) is 0 Å². The normalized spacial score (nSPS) is 14.4. The molecule has 122 valence electrons. The second-order valence-corrected chi connectivity index (χ2v) is 5.40. The van der Waals surface area contributed by atoms with Gasteiger partial charge in [-0.15, -0.1) is 0 Å². The van der Waals surface area contributed by atoms with Gasteiger partial charge in [0.1, 0.15) is 0 Å². The second kappa shape index (κ2) is 13.8. The molecule has 0 fully saturated rings. The third kappa shape index (κ3) is 9.70. The first-order valence-electron chi connectivity index (χ1n) is 8.26. The molecule has 0 rings (SSSR count). The van der Waals surface area contributed by atoms with E-state index in [0.717, 1.165) is 51.9 Å². The lowest BCUT2D eigenvalue weighted by atomic mass is 9.91. The lowest BCUT2D eigenvalue weighted by Crippen LogP contribution is -2.48. The van der Waals surface area contributed by atoms with E-state index < -0.39 is 0 Å². The van der Waals surface area contributed by atoms with Gasteiger partial charge in [-0.25, -0.2) is 0 Å². The Labute approximate surface area is 125 Å². The van der Waals surface area contributed by atoms with Gasteiger partial charge in [0.15, 0.2) is 0 Å². The summed E-state index contributed by atoms with van der Waals surface area (Å²) in [4.78, 5) is 0. The molecule has 0 bridgehead atoms. The summed E-state index contributed by atoms with van der Waals surface area (Å²) < 4.78 is 11.0. The van der Waals surface area contributed by atoms with Crippen LogP contribution in [0.3, 0.4) is 0 Å². The second-order valence-electron chi connectivity index (χ2n) is 5.40. The van der Waals surface area contributed by atoms with Crippen molar-refractivity contribution in [1.82, 2.24) is 5.32 Å². The van der Waals surface area contributed by atoms with Gasteiger partial charge in [0.2, 0.25) is 0 Å². The quantitative estimate of drug-likeness (QED) is 0.455. The topological polar surface area (TPSA) is 50.7 Å². The van der Waals surface area contributed by atoms with E-state index in [1.54, 1.807) is 0 Å². The number of unbranched alkanes of at least 4 members (excludes halogenated alkanes) is 1. The van der Waals surface area contributed by atoms with E-state index in [9.17, 15) is 5.11 Å². The van der Waals surface area contributed by atoms with Crippen molar-refractivity contribution in [3.63, 3.8) is 0 Å². The number of aliphatic hydroxyl groups excluding tert-OH is 1. The maximum Gasteiger partial charge on any atom is 0.0700 e. The van der Waals surface area contributed by atoms with Crippen molar-refractivity contribution in [2.45, 2.75) is 64.8 Å². The average molecular weight is 289 g/mol. The molecule has 4 heteroatoms. The third-order valence-electron chi connectivity index (χ3n) is 3.69. The Morgan fingerprint density at radius 3 is 2.05 bits per heavy atom. The first-order valence-corrected chi connectivity index (χ1v) is 8.26. The molecule has 0 amide bonds. The zero-order chi connectivity index (χ0) is 15.1. The summed E-state index contributed by atoms with van der Waals surface area (Å²) in [6.07, 6.45) is 6.26. The predicted molar refractivity (Wildman–Crippen MR) is 84.2 cm³/mol. The van der Waals surface area contributed by atoms with E-state index in [1.807, 2.05) is 0 Å². The van der Waals surface area contributed by atoms with Crippen molar-refractivity contribution in [3.05, 3.63) is 0 Å². The number of rotatable bonds is 15. The molecule has 0 aliphatic rings. The van der Waals surface area contributed by atoms with Crippen LogP contribution in [0.4, 0.5) is 0 Å². The largest absolute Gasteiger partial charge is 0.394 e. The highest BCUT2D eigenvalue weighted by molar-refractivity contribution is 4.85. The van der Waals surface area contributed by atoms with Crippen LogP contribution < -0.4 is 5.32 Å². The molecule has 0 aromatic heterocycles. The molecule has 0 saturated carbocycles. The van der Waals surface area contributed by atoms with Crippen LogP contribution in [-0.2, 0) is 9.47 Å². The summed E-state index contributed by atoms with van der Waals surface area (Å²) in [7, 11) is 0. The first kappa shape index (κ1) is 19.8. The van der Waals surface area contributed by atoms with Gasteiger partial charge in [-0.05, 0) is 38.6 Å². The van der Waals surface area contributed by atoms with Gasteiger partial charge in [0.05, 0.1) is 19.8 Å². The van der Waals surface area contributed by atoms with Crippen LogP contribution in [-0.4, -0.2) is 50.2 Å². The van der Waals surface area contributed by atoms with E-state index >= 15 is 0 Å². The number of ether oxygens (including phenoxy) is 2. The highest BCUT2D eigenvalue weighted by Crippen LogP contribution is 2.17. The maximum atomic E-state index is 9.60. The minimum atomic E-state index is -0.128. The predicted octanol–water partition coefficient (Wildman–Crippen LogP) is 2.74. The number of hydrogen-bond donors (Lipinski definition) is 2. The fraction of sp³-hybridized carbons (Fsp3) is 1.00. The fourth-order valence-electron chi connectivity index (χ4n) is 2.11. The van der Waals surface area contributed by atoms with Gasteiger partial charge in [0.25, 0.3) is 0 Å². The summed E-state index contributed by atoms with van der Waals surface area (Å²) in [6, 6.07) is 0. The first-order chi connectivity index (χ1) is 9.74. The molecule has 0 aliphatic heterocycles. The van der Waals surface area contributed by atoms with Gasteiger partial charge >= 0.3 is 0 Å². The van der Waals surface area contributed by atoms with Crippen molar-refractivity contribution in [2.75, 3.05) is 39.6 Å². The monoisotopic (exact) mass is 289 g/mol. The lowest BCUT2D eigenvalue weighted by molar-refractivity contribution is 0.0410. The number of hydrogen-bond acceptors (Lipinski definition) is 4. The van der Waals surface area contributed by atoms with Gasteiger partial charge in [-0.1, -0.05) is 27.2 Å². The SMILES string of the molecule is CCCCOCCOCCCC(CC)(CO)NCCC. The minimum absolute atomic E-state index is 0.128. The van der Waals surface area contributed by atoms with Crippen molar-refractivity contribution in [1.29, 1.82) is 0 Å². The van der Waals surface area contributed by atoms with Crippen LogP contribution in [0.2, 0.25) is 0 Å². The van der Waals surface area contributed by atoms with E-state index in [2.05, 4.69) is 26.1 Å². The van der Waals surface area contributed by atoms with Crippen LogP contribution in [0.15, 0.2) is 0 Å². The Morgan fingerprint density at radius 2 is 1.55 bits per heavy atom. The summed E-state index contributed by atoms with van der Waals surface area (Å²) in [5.41, 5.74) is -0.128. The Bertz CT molecular complexity index is 196. The van der Waals surface area contributed by atoms with Crippen molar-refractivity contribution in [2.24, 2.45) is 0 Å². The van der Waals surface area contributed by atoms with E-state index in [4.69, 9.17) is 9.47 Å². The molecule has 0 spiro atoms. The van der Waals surface area contributed by atoms with Crippen LogP contribution >= 0.6 is 0 Å². The van der Waals surface area contributed by atoms with E-state index in [1.165, 1.54) is 6.42 Å². The van der Waals surface area contributed by atoms with E-state index in [-0.39, 0.29) is 12.1 Å². The number of aliphatic hydroxyl groups is 1. The molecule has 0 aliphatic carbocycles. The summed E-state index contributed by atoms with van der Waals surface area (Å²) in [5.74, 6) is 0. The molecule has 1 unspecified atom stereocenters. The maximum absolute atomic E-state index is 9.60. The molecule has 0 aromatic rings. The highest BCUT2D eigenvalue weighted by Gasteiger charge is 2.25. The third-order valence-corrected chi connectivity index (χ3v) is 3.69. The molecule has 1 atom stereocenters. The molecule has 2 N–H and O–H groups in total. The Hall–Kier alpha value is -0.160. The molecule has 0 radical (unpaired) electrons. The molecule has 0 heterocycles. The van der Waals surface area contributed by atoms with Gasteiger partial charge in [-0.3, -0.25) is 0 Å². The van der Waals surface area contributed by atoms with Crippen molar-refractivity contribution >= 4 is 0 Å². The molecule has 4 nitrogen and oxygen atoms in total. The molecule has 20 heavy (non-hydrogen) atoms. The van der Waals surface area contributed by atoms with Crippen molar-refractivity contribution < 1.29 is 14.6 Å². The van der Waals surface area contributed by atoms with E-state index in [0.29, 0.717) is 13.2 Å². The lowest BCUT2D eigenvalue weighted by Gasteiger charge is -2.32. The molecule has 0 saturated heterocycles. The summed E-state index contributed by atoms with van der Waals surface area (Å²) >= 11 is 0. The Balaban J connectivity index is 3.58. The van der Waals surface area contributed by atoms with Crippen LogP contribution in [0.25, 0.3) is 0 Å². The van der Waals surface area contributed by atoms with Crippen LogP contribution in [0.1, 0.15) is 59.3 Å². The molecule has 0 aromatic carbocycles. The van der Waals surface area contributed by atoms with Gasteiger partial charge in [-0.2, -0.15) is 0 Å². The van der Waals surface area contributed by atoms with Crippen LogP contribution in [0.5, 0.6) is 0 Å². The summed E-state index contributed by atoms with van der Waals surface area (Å²) in [6.45, 7) is 10.5. The summed E-state index contributed by atoms with van der Waals surface area (Å²) in [5, 5.41) is 13.1. The number of nitrogens with one attached hydrogen (secondary N) is 1.